The van der Waals surface area contributed by atoms with Crippen LogP contribution >= 0.6 is 0 Å². The van der Waals surface area contributed by atoms with Crippen LogP contribution < -0.4 is 16.2 Å². The third kappa shape index (κ3) is 3.51. The number of hydrogen-bond donors (Lipinski definition) is 3. The average Bonchev–Trinajstić information content (AvgIpc) is 2.42. The minimum absolute atomic E-state index is 0.0267. The minimum atomic E-state index is -3.65. The summed E-state index contributed by atoms with van der Waals surface area (Å²) in [6.07, 6.45) is 0. The molecule has 0 atom stereocenters. The number of hydrogen-bond acceptors (Lipinski definition) is 4. The molecule has 6 heteroatoms. The Labute approximate surface area is 131 Å². The van der Waals surface area contributed by atoms with E-state index in [4.69, 9.17) is 11.5 Å². The van der Waals surface area contributed by atoms with E-state index in [1.54, 1.807) is 24.3 Å². The number of nitrogens with two attached hydrogens (primary N) is 2. The van der Waals surface area contributed by atoms with E-state index in [9.17, 15) is 8.42 Å². The Bertz CT molecular complexity index is 776. The molecule has 0 aliphatic rings. The summed E-state index contributed by atoms with van der Waals surface area (Å²) >= 11 is 0. The van der Waals surface area contributed by atoms with E-state index in [0.29, 0.717) is 17.1 Å². The van der Waals surface area contributed by atoms with E-state index in [2.05, 4.69) is 25.5 Å². The van der Waals surface area contributed by atoms with Gasteiger partial charge in [0.1, 0.15) is 0 Å². The van der Waals surface area contributed by atoms with Crippen LogP contribution in [-0.2, 0) is 15.4 Å². The number of nitrogens with one attached hydrogen (secondary N) is 1. The molecule has 0 aliphatic heterocycles. The zero-order chi connectivity index (χ0) is 16.5. The molecule has 0 fully saturated rings. The van der Waals surface area contributed by atoms with E-state index in [0.717, 1.165) is 5.56 Å². The Morgan fingerprint density at radius 1 is 0.909 bits per heavy atom. The molecule has 5 N–H and O–H groups in total. The van der Waals surface area contributed by atoms with Crippen molar-refractivity contribution in [2.24, 2.45) is 0 Å². The molecule has 0 bridgehead atoms. The Hall–Kier alpha value is -2.21. The summed E-state index contributed by atoms with van der Waals surface area (Å²) in [5, 5.41) is 0. The molecular weight excluding hydrogens is 298 g/mol. The Kier molecular flexibility index (Phi) is 4.06. The molecule has 0 aliphatic carbocycles. The van der Waals surface area contributed by atoms with Crippen molar-refractivity contribution >= 4 is 27.1 Å². The Morgan fingerprint density at radius 2 is 1.50 bits per heavy atom. The summed E-state index contributed by atoms with van der Waals surface area (Å²) in [5.74, 6) is 0. The molecule has 2 aromatic carbocycles. The van der Waals surface area contributed by atoms with Crippen LogP contribution in [0.2, 0.25) is 0 Å². The normalized spacial score (nSPS) is 12.1. The highest BCUT2D eigenvalue weighted by atomic mass is 32.2. The minimum Gasteiger partial charge on any atom is -0.397 e. The van der Waals surface area contributed by atoms with Crippen LogP contribution in [0.4, 0.5) is 17.1 Å². The third-order valence-corrected chi connectivity index (χ3v) is 4.77. The first kappa shape index (κ1) is 16.2. The molecule has 0 unspecified atom stereocenters. The number of sulfonamides is 1. The standard InChI is InChI=1S/C16H21N3O2S/c1-16(2,3)11-4-7-13(8-5-11)22(20,21)19-12-6-9-14(17)15(18)10-12/h4-10,19H,17-18H2,1-3H3. The van der Waals surface area contributed by atoms with Crippen LogP contribution in [0.1, 0.15) is 26.3 Å². The van der Waals surface area contributed by atoms with Gasteiger partial charge in [0.05, 0.1) is 22.0 Å². The molecule has 118 valence electrons. The smallest absolute Gasteiger partial charge is 0.261 e. The van der Waals surface area contributed by atoms with Gasteiger partial charge in [0.2, 0.25) is 0 Å². The number of rotatable bonds is 3. The Morgan fingerprint density at radius 3 is 2.00 bits per heavy atom. The second-order valence-corrected chi connectivity index (χ2v) is 7.91. The maximum absolute atomic E-state index is 12.4. The quantitative estimate of drug-likeness (QED) is 0.757. The van der Waals surface area contributed by atoms with Crippen molar-refractivity contribution in [2.75, 3.05) is 16.2 Å². The van der Waals surface area contributed by atoms with Gasteiger partial charge in [-0.1, -0.05) is 32.9 Å². The maximum Gasteiger partial charge on any atom is 0.261 e. The second kappa shape index (κ2) is 5.53. The van der Waals surface area contributed by atoms with Gasteiger partial charge in [0.15, 0.2) is 0 Å². The van der Waals surface area contributed by atoms with Crippen molar-refractivity contribution in [1.82, 2.24) is 0 Å². The van der Waals surface area contributed by atoms with Gasteiger partial charge in [-0.25, -0.2) is 8.42 Å². The molecule has 0 saturated carbocycles. The van der Waals surface area contributed by atoms with Crippen LogP contribution in [0.25, 0.3) is 0 Å². The van der Waals surface area contributed by atoms with E-state index >= 15 is 0 Å². The summed E-state index contributed by atoms with van der Waals surface area (Å²) in [7, 11) is -3.65. The van der Waals surface area contributed by atoms with Crippen LogP contribution in [0, 0.1) is 0 Å². The molecule has 0 saturated heterocycles. The van der Waals surface area contributed by atoms with Crippen molar-refractivity contribution in [3.63, 3.8) is 0 Å². The van der Waals surface area contributed by atoms with E-state index in [-0.39, 0.29) is 10.3 Å². The van der Waals surface area contributed by atoms with Gasteiger partial charge in [-0.3, -0.25) is 4.72 Å². The van der Waals surface area contributed by atoms with Gasteiger partial charge in [-0.05, 0) is 41.3 Å². The second-order valence-electron chi connectivity index (χ2n) is 6.22. The largest absolute Gasteiger partial charge is 0.397 e. The van der Waals surface area contributed by atoms with Gasteiger partial charge >= 0.3 is 0 Å². The van der Waals surface area contributed by atoms with Gasteiger partial charge in [-0.15, -0.1) is 0 Å². The SMILES string of the molecule is CC(C)(C)c1ccc(S(=O)(=O)Nc2ccc(N)c(N)c2)cc1. The Balaban J connectivity index is 2.28. The first-order valence-corrected chi connectivity index (χ1v) is 8.36. The monoisotopic (exact) mass is 319 g/mol. The predicted molar refractivity (Wildman–Crippen MR) is 91.2 cm³/mol. The molecule has 5 nitrogen and oxygen atoms in total. The van der Waals surface area contributed by atoms with Crippen molar-refractivity contribution in [3.8, 4) is 0 Å². The van der Waals surface area contributed by atoms with Crippen molar-refractivity contribution < 1.29 is 8.42 Å². The summed E-state index contributed by atoms with van der Waals surface area (Å²) in [6.45, 7) is 6.23. The summed E-state index contributed by atoms with van der Waals surface area (Å²) in [5.41, 5.74) is 13.5. The highest BCUT2D eigenvalue weighted by molar-refractivity contribution is 7.92. The summed E-state index contributed by atoms with van der Waals surface area (Å²) in [6, 6.07) is 11.5. The van der Waals surface area contributed by atoms with Gasteiger partial charge in [0.25, 0.3) is 10.0 Å². The lowest BCUT2D eigenvalue weighted by Gasteiger charge is -2.19. The van der Waals surface area contributed by atoms with Crippen LogP contribution in [0.15, 0.2) is 47.4 Å². The fourth-order valence-corrected chi connectivity index (χ4v) is 3.04. The summed E-state index contributed by atoms with van der Waals surface area (Å²) in [4.78, 5) is 0.205. The van der Waals surface area contributed by atoms with Crippen LogP contribution in [-0.4, -0.2) is 8.42 Å². The fraction of sp³-hybridized carbons (Fsp3) is 0.250. The highest BCUT2D eigenvalue weighted by Crippen LogP contribution is 2.25. The first-order chi connectivity index (χ1) is 10.1. The molecule has 2 rings (SSSR count). The van der Waals surface area contributed by atoms with E-state index in [1.165, 1.54) is 6.07 Å². The number of benzene rings is 2. The topological polar surface area (TPSA) is 98.2 Å². The molecule has 0 radical (unpaired) electrons. The lowest BCUT2D eigenvalue weighted by Crippen LogP contribution is -2.15. The molecule has 0 amide bonds. The maximum atomic E-state index is 12.4. The zero-order valence-corrected chi connectivity index (χ0v) is 13.7. The van der Waals surface area contributed by atoms with Crippen LogP contribution in [0.5, 0.6) is 0 Å². The van der Waals surface area contributed by atoms with E-state index in [1.807, 2.05) is 12.1 Å². The molecule has 0 spiro atoms. The zero-order valence-electron chi connectivity index (χ0n) is 12.9. The molecule has 22 heavy (non-hydrogen) atoms. The number of nitrogen functional groups attached to an aromatic ring is 2. The van der Waals surface area contributed by atoms with Gasteiger partial charge < -0.3 is 11.5 Å². The van der Waals surface area contributed by atoms with Crippen LogP contribution in [0.3, 0.4) is 0 Å². The highest BCUT2D eigenvalue weighted by Gasteiger charge is 2.17. The lowest BCUT2D eigenvalue weighted by molar-refractivity contribution is 0.587. The predicted octanol–water partition coefficient (Wildman–Crippen LogP) is 2.95. The average molecular weight is 319 g/mol. The van der Waals surface area contributed by atoms with Crippen molar-refractivity contribution in [2.45, 2.75) is 31.1 Å². The molecular formula is C16H21N3O2S. The third-order valence-electron chi connectivity index (χ3n) is 3.37. The van der Waals surface area contributed by atoms with Crippen molar-refractivity contribution in [3.05, 3.63) is 48.0 Å². The van der Waals surface area contributed by atoms with E-state index < -0.39 is 10.0 Å². The molecule has 0 heterocycles. The fourth-order valence-electron chi connectivity index (χ4n) is 1.99. The molecule has 2 aromatic rings. The van der Waals surface area contributed by atoms with Crippen molar-refractivity contribution in [1.29, 1.82) is 0 Å². The van der Waals surface area contributed by atoms with Gasteiger partial charge in [-0.2, -0.15) is 0 Å². The first-order valence-electron chi connectivity index (χ1n) is 6.88. The number of anilines is 3. The summed E-state index contributed by atoms with van der Waals surface area (Å²) < 4.78 is 27.2. The molecule has 0 aromatic heterocycles. The van der Waals surface area contributed by atoms with Gasteiger partial charge in [0, 0.05) is 0 Å². The lowest BCUT2D eigenvalue weighted by atomic mass is 9.87.